The molecule has 2 aliphatic heterocycles. The van der Waals surface area contributed by atoms with E-state index in [2.05, 4.69) is 12.6 Å². The minimum Gasteiger partial charge on any atom is -0.312 e. The first-order valence-corrected chi connectivity index (χ1v) is 5.91. The van der Waals surface area contributed by atoms with Gasteiger partial charge >= 0.3 is 0 Å². The number of β-lactam (4-membered cyclic amide) rings is 1. The van der Waals surface area contributed by atoms with E-state index in [1.165, 1.54) is 0 Å². The normalized spacial score (nSPS) is 36.7. The van der Waals surface area contributed by atoms with Crippen molar-refractivity contribution in [2.45, 2.75) is 36.4 Å². The molecule has 2 saturated heterocycles. The summed E-state index contributed by atoms with van der Waals surface area (Å²) in [6, 6.07) is 1.96. The number of hydrogen-bond donors (Lipinski definition) is 0. The lowest BCUT2D eigenvalue weighted by molar-refractivity contribution is -0.151. The van der Waals surface area contributed by atoms with Crippen molar-refractivity contribution < 1.29 is 4.79 Å². The smallest absolute Gasteiger partial charge is 0.231 e. The van der Waals surface area contributed by atoms with E-state index in [0.29, 0.717) is 0 Å². The third-order valence-corrected chi connectivity index (χ3v) is 4.72. The van der Waals surface area contributed by atoms with Gasteiger partial charge in [-0.3, -0.25) is 4.79 Å². The van der Waals surface area contributed by atoms with Crippen LogP contribution in [-0.2, 0) is 4.79 Å². The third-order valence-electron chi connectivity index (χ3n) is 3.09. The van der Waals surface area contributed by atoms with Gasteiger partial charge in [-0.1, -0.05) is 6.08 Å². The molecule has 2 aliphatic rings. The largest absolute Gasteiger partial charge is 0.312 e. The van der Waals surface area contributed by atoms with Gasteiger partial charge in [0.1, 0.15) is 6.04 Å². The summed E-state index contributed by atoms with van der Waals surface area (Å²) in [6.45, 7) is 7.72. The van der Waals surface area contributed by atoms with Crippen molar-refractivity contribution in [2.24, 2.45) is 5.92 Å². The van der Waals surface area contributed by atoms with Gasteiger partial charge in [-0.15, -0.1) is 18.3 Å². The van der Waals surface area contributed by atoms with Crippen molar-refractivity contribution >= 4 is 17.7 Å². The first-order valence-electron chi connectivity index (χ1n) is 5.03. The number of fused-ring (bicyclic) bond motifs is 1. The number of thioether (sulfide) groups is 1. The van der Waals surface area contributed by atoms with Crippen LogP contribution in [0.1, 0.15) is 20.3 Å². The standard InChI is InChI=1S/C11H14N2OS/c1-4-5-7-9(14)13-8(6-12)11(2,3)15-10(7)13/h4,7-8,10H,1,5H2,2-3H3/t7-,8+,10-/m1/s1. The predicted octanol–water partition coefficient (Wildman–Crippen LogP) is 1.76. The fourth-order valence-electron chi connectivity index (χ4n) is 2.29. The maximum absolute atomic E-state index is 11.8. The quantitative estimate of drug-likeness (QED) is 0.528. The van der Waals surface area contributed by atoms with Gasteiger partial charge in [-0.2, -0.15) is 5.26 Å². The fraction of sp³-hybridized carbons (Fsp3) is 0.636. The molecule has 0 N–H and O–H groups in total. The zero-order valence-electron chi connectivity index (χ0n) is 8.93. The zero-order chi connectivity index (χ0) is 11.2. The second-order valence-corrected chi connectivity index (χ2v) is 6.29. The Morgan fingerprint density at radius 3 is 2.93 bits per heavy atom. The van der Waals surface area contributed by atoms with E-state index in [4.69, 9.17) is 5.26 Å². The van der Waals surface area contributed by atoms with Gasteiger partial charge in [0.05, 0.1) is 17.4 Å². The minimum absolute atomic E-state index is 0.0464. The van der Waals surface area contributed by atoms with Crippen LogP contribution in [0.3, 0.4) is 0 Å². The zero-order valence-corrected chi connectivity index (χ0v) is 9.75. The number of carbonyl (C=O) groups is 1. The van der Waals surface area contributed by atoms with Gasteiger partial charge in [0, 0.05) is 4.75 Å². The molecule has 2 fully saturated rings. The van der Waals surface area contributed by atoms with E-state index in [1.807, 2.05) is 13.8 Å². The van der Waals surface area contributed by atoms with E-state index in [0.717, 1.165) is 6.42 Å². The number of allylic oxidation sites excluding steroid dienone is 1. The Hall–Kier alpha value is -0.950. The number of rotatable bonds is 2. The highest BCUT2D eigenvalue weighted by Crippen LogP contribution is 2.53. The van der Waals surface area contributed by atoms with Crippen LogP contribution in [0.25, 0.3) is 0 Å². The monoisotopic (exact) mass is 222 g/mol. The van der Waals surface area contributed by atoms with Crippen LogP contribution in [-0.4, -0.2) is 27.0 Å². The Labute approximate surface area is 94.1 Å². The van der Waals surface area contributed by atoms with Gasteiger partial charge in [-0.05, 0) is 20.3 Å². The SMILES string of the molecule is C=CC[C@@H]1C(=O)N2[C@@H]1SC(C)(C)[C@@H]2C#N. The van der Waals surface area contributed by atoms with Crippen LogP contribution in [0.2, 0.25) is 0 Å². The lowest BCUT2D eigenvalue weighted by Crippen LogP contribution is -2.59. The van der Waals surface area contributed by atoms with E-state index in [-0.39, 0.29) is 28.0 Å². The van der Waals surface area contributed by atoms with Crippen LogP contribution in [0.4, 0.5) is 0 Å². The molecule has 1 amide bonds. The maximum atomic E-state index is 11.8. The van der Waals surface area contributed by atoms with E-state index in [1.54, 1.807) is 22.7 Å². The van der Waals surface area contributed by atoms with Crippen LogP contribution >= 0.6 is 11.8 Å². The van der Waals surface area contributed by atoms with Crippen molar-refractivity contribution in [3.8, 4) is 6.07 Å². The molecule has 0 aliphatic carbocycles. The molecular formula is C11H14N2OS. The molecule has 2 heterocycles. The number of nitrogens with zero attached hydrogens (tertiary/aromatic N) is 2. The molecule has 0 aromatic carbocycles. The Bertz CT molecular complexity index is 358. The van der Waals surface area contributed by atoms with E-state index < -0.39 is 0 Å². The Balaban J connectivity index is 2.22. The Morgan fingerprint density at radius 2 is 2.40 bits per heavy atom. The average Bonchev–Trinajstić information content (AvgIpc) is 2.43. The lowest BCUT2D eigenvalue weighted by Gasteiger charge is -2.42. The summed E-state index contributed by atoms with van der Waals surface area (Å²) in [5, 5.41) is 9.27. The first kappa shape index (κ1) is 10.6. The molecule has 4 heteroatoms. The molecule has 0 bridgehead atoms. The van der Waals surface area contributed by atoms with Crippen molar-refractivity contribution in [2.75, 3.05) is 0 Å². The molecule has 2 rings (SSSR count). The molecule has 0 aromatic rings. The molecule has 3 atom stereocenters. The molecule has 15 heavy (non-hydrogen) atoms. The Morgan fingerprint density at radius 1 is 1.73 bits per heavy atom. The van der Waals surface area contributed by atoms with Crippen molar-refractivity contribution in [3.63, 3.8) is 0 Å². The molecule has 3 nitrogen and oxygen atoms in total. The van der Waals surface area contributed by atoms with E-state index in [9.17, 15) is 4.79 Å². The van der Waals surface area contributed by atoms with Crippen molar-refractivity contribution in [3.05, 3.63) is 12.7 Å². The second-order valence-electron chi connectivity index (χ2n) is 4.52. The van der Waals surface area contributed by atoms with Crippen molar-refractivity contribution in [1.29, 1.82) is 5.26 Å². The van der Waals surface area contributed by atoms with Gasteiger partial charge in [0.25, 0.3) is 0 Å². The number of carbonyl (C=O) groups excluding carboxylic acids is 1. The topological polar surface area (TPSA) is 44.1 Å². The van der Waals surface area contributed by atoms with Crippen LogP contribution in [0.5, 0.6) is 0 Å². The van der Waals surface area contributed by atoms with Crippen molar-refractivity contribution in [1.82, 2.24) is 4.90 Å². The molecule has 0 spiro atoms. The summed E-state index contributed by atoms with van der Waals surface area (Å²) in [7, 11) is 0. The molecule has 80 valence electrons. The van der Waals surface area contributed by atoms with Crippen LogP contribution in [0.15, 0.2) is 12.7 Å². The molecule has 0 saturated carbocycles. The summed E-state index contributed by atoms with van der Waals surface area (Å²) in [4.78, 5) is 13.5. The summed E-state index contributed by atoms with van der Waals surface area (Å²) in [6.07, 6.45) is 2.51. The van der Waals surface area contributed by atoms with Gasteiger partial charge in [0.2, 0.25) is 5.91 Å². The van der Waals surface area contributed by atoms with Crippen LogP contribution in [0, 0.1) is 17.2 Å². The highest BCUT2D eigenvalue weighted by Gasteiger charge is 2.60. The number of amides is 1. The average molecular weight is 222 g/mol. The summed E-state index contributed by atoms with van der Waals surface area (Å²) >= 11 is 1.74. The second kappa shape index (κ2) is 3.28. The fourth-order valence-corrected chi connectivity index (χ4v) is 3.94. The van der Waals surface area contributed by atoms with Gasteiger partial charge in [-0.25, -0.2) is 0 Å². The first-order chi connectivity index (χ1) is 7.03. The third kappa shape index (κ3) is 1.30. The minimum atomic E-state index is -0.277. The molecule has 0 radical (unpaired) electrons. The summed E-state index contributed by atoms with van der Waals surface area (Å²) in [5.41, 5.74) is 0. The number of hydrogen-bond acceptors (Lipinski definition) is 3. The van der Waals surface area contributed by atoms with Gasteiger partial charge < -0.3 is 4.90 Å². The molecular weight excluding hydrogens is 208 g/mol. The number of nitriles is 1. The summed E-state index contributed by atoms with van der Waals surface area (Å²) < 4.78 is -0.148. The highest BCUT2D eigenvalue weighted by molar-refractivity contribution is 8.01. The highest BCUT2D eigenvalue weighted by atomic mass is 32.2. The Kier molecular flexibility index (Phi) is 2.31. The van der Waals surface area contributed by atoms with Gasteiger partial charge in [0.15, 0.2) is 0 Å². The summed E-state index contributed by atoms with van der Waals surface area (Å²) in [5.74, 6) is 0.162. The molecule has 0 aromatic heterocycles. The van der Waals surface area contributed by atoms with E-state index >= 15 is 0 Å². The molecule has 0 unspecified atom stereocenters. The van der Waals surface area contributed by atoms with Crippen LogP contribution < -0.4 is 0 Å². The maximum Gasteiger partial charge on any atom is 0.231 e. The predicted molar refractivity (Wildman–Crippen MR) is 60.0 cm³/mol. The lowest BCUT2D eigenvalue weighted by atomic mass is 9.90.